The molecule has 0 saturated carbocycles. The van der Waals surface area contributed by atoms with Crippen molar-refractivity contribution in [1.82, 2.24) is 14.8 Å². The van der Waals surface area contributed by atoms with Crippen LogP contribution >= 0.6 is 11.6 Å². The summed E-state index contributed by atoms with van der Waals surface area (Å²) in [5.74, 6) is 0.0681. The van der Waals surface area contributed by atoms with Crippen LogP contribution in [0.5, 0.6) is 0 Å². The van der Waals surface area contributed by atoms with E-state index in [0.29, 0.717) is 22.2 Å². The van der Waals surface area contributed by atoms with Crippen molar-refractivity contribution in [3.63, 3.8) is 0 Å². The molecule has 1 aromatic heterocycles. The second-order valence-corrected chi connectivity index (χ2v) is 4.95. The highest BCUT2D eigenvalue weighted by Crippen LogP contribution is 2.34. The molecule has 1 amide bonds. The first-order chi connectivity index (χ1) is 9.58. The second-order valence-electron chi connectivity index (χ2n) is 4.51. The number of amides is 1. The number of nitrogens with one attached hydrogen (secondary N) is 1. The number of rotatable bonds is 2. The number of nitrogens with zero attached hydrogens (tertiary/aromatic N) is 3. The SMILES string of the molecule is CC1=C(C(N)=O)[C@H](c2cccc(Cl)c2)n2ncnc2N1. The molecule has 1 aliphatic rings. The van der Waals surface area contributed by atoms with Gasteiger partial charge in [0.25, 0.3) is 0 Å². The lowest BCUT2D eigenvalue weighted by Gasteiger charge is -2.27. The van der Waals surface area contributed by atoms with Crippen LogP contribution in [0.15, 0.2) is 41.9 Å². The summed E-state index contributed by atoms with van der Waals surface area (Å²) in [6.45, 7) is 1.79. The summed E-state index contributed by atoms with van der Waals surface area (Å²) in [5.41, 5.74) is 7.47. The molecule has 3 N–H and O–H groups in total. The Balaban J connectivity index is 2.22. The third-order valence-corrected chi connectivity index (χ3v) is 3.46. The molecule has 1 aliphatic heterocycles. The summed E-state index contributed by atoms with van der Waals surface area (Å²) in [4.78, 5) is 15.9. The van der Waals surface area contributed by atoms with E-state index in [2.05, 4.69) is 15.4 Å². The maximum absolute atomic E-state index is 11.8. The van der Waals surface area contributed by atoms with Crippen LogP contribution in [0.25, 0.3) is 0 Å². The zero-order chi connectivity index (χ0) is 14.3. The van der Waals surface area contributed by atoms with Gasteiger partial charge in [0, 0.05) is 10.7 Å². The highest BCUT2D eigenvalue weighted by Gasteiger charge is 2.32. The van der Waals surface area contributed by atoms with Crippen molar-refractivity contribution in [1.29, 1.82) is 0 Å². The highest BCUT2D eigenvalue weighted by atomic mass is 35.5. The van der Waals surface area contributed by atoms with Crippen molar-refractivity contribution in [2.24, 2.45) is 5.73 Å². The summed E-state index contributed by atoms with van der Waals surface area (Å²) in [6.07, 6.45) is 1.43. The Morgan fingerprint density at radius 2 is 2.30 bits per heavy atom. The van der Waals surface area contributed by atoms with Crippen molar-refractivity contribution < 1.29 is 4.79 Å². The Bertz CT molecular complexity index is 721. The van der Waals surface area contributed by atoms with Crippen molar-refractivity contribution in [2.45, 2.75) is 13.0 Å². The number of hydrogen-bond acceptors (Lipinski definition) is 4. The summed E-state index contributed by atoms with van der Waals surface area (Å²) in [6, 6.07) is 6.84. The molecule has 0 fully saturated rings. The van der Waals surface area contributed by atoms with Crippen molar-refractivity contribution in [3.8, 4) is 0 Å². The van der Waals surface area contributed by atoms with Gasteiger partial charge in [-0.2, -0.15) is 10.1 Å². The fraction of sp³-hybridized carbons (Fsp3) is 0.154. The molecule has 1 aromatic carbocycles. The van der Waals surface area contributed by atoms with Crippen molar-refractivity contribution >= 4 is 23.5 Å². The van der Waals surface area contributed by atoms with Crippen molar-refractivity contribution in [3.05, 3.63) is 52.4 Å². The van der Waals surface area contributed by atoms with E-state index in [4.69, 9.17) is 17.3 Å². The standard InChI is InChI=1S/C13H12ClN5O/c1-7-10(12(15)20)11(8-3-2-4-9(14)5-8)19-13(18-7)16-6-17-19/h2-6,11H,1H3,(H2,15,20)(H,16,17,18)/t11-/m0/s1. The lowest BCUT2D eigenvalue weighted by molar-refractivity contribution is -0.115. The molecule has 1 atom stereocenters. The quantitative estimate of drug-likeness (QED) is 0.881. The number of allylic oxidation sites excluding steroid dienone is 1. The van der Waals surface area contributed by atoms with E-state index < -0.39 is 11.9 Å². The number of nitrogens with two attached hydrogens (primary N) is 1. The van der Waals surface area contributed by atoms with Gasteiger partial charge < -0.3 is 11.1 Å². The molecule has 2 aromatic rings. The molecule has 0 spiro atoms. The molecular formula is C13H12ClN5O. The third kappa shape index (κ3) is 1.94. The molecule has 0 saturated heterocycles. The van der Waals surface area contributed by atoms with E-state index in [-0.39, 0.29) is 0 Å². The van der Waals surface area contributed by atoms with E-state index in [1.165, 1.54) is 6.33 Å². The van der Waals surface area contributed by atoms with Crippen LogP contribution in [0.3, 0.4) is 0 Å². The number of carbonyl (C=O) groups is 1. The molecule has 0 radical (unpaired) electrons. The van der Waals surface area contributed by atoms with Crippen LogP contribution in [-0.2, 0) is 4.79 Å². The van der Waals surface area contributed by atoms with Gasteiger partial charge in [-0.05, 0) is 24.6 Å². The Morgan fingerprint density at radius 1 is 1.50 bits per heavy atom. The number of halogens is 1. The molecular weight excluding hydrogens is 278 g/mol. The number of carbonyl (C=O) groups excluding carboxylic acids is 1. The minimum absolute atomic E-state index is 0.426. The van der Waals surface area contributed by atoms with Crippen molar-refractivity contribution in [2.75, 3.05) is 5.32 Å². The largest absolute Gasteiger partial charge is 0.366 e. The molecule has 0 bridgehead atoms. The zero-order valence-corrected chi connectivity index (χ0v) is 11.4. The number of fused-ring (bicyclic) bond motifs is 1. The van der Waals surface area contributed by atoms with Gasteiger partial charge in [0.05, 0.1) is 5.57 Å². The minimum Gasteiger partial charge on any atom is -0.366 e. The van der Waals surface area contributed by atoms with E-state index in [1.807, 2.05) is 12.1 Å². The number of aromatic nitrogens is 3. The maximum Gasteiger partial charge on any atom is 0.248 e. The number of anilines is 1. The normalized spacial score (nSPS) is 17.6. The molecule has 0 aliphatic carbocycles. The lowest BCUT2D eigenvalue weighted by atomic mass is 9.95. The van der Waals surface area contributed by atoms with Gasteiger partial charge in [-0.1, -0.05) is 23.7 Å². The number of benzene rings is 1. The summed E-state index contributed by atoms with van der Waals surface area (Å²) >= 11 is 6.04. The molecule has 0 unspecified atom stereocenters. The van der Waals surface area contributed by atoms with Crippen LogP contribution in [-0.4, -0.2) is 20.7 Å². The van der Waals surface area contributed by atoms with Crippen LogP contribution < -0.4 is 11.1 Å². The summed E-state index contributed by atoms with van der Waals surface area (Å²) in [5, 5.41) is 7.78. The van der Waals surface area contributed by atoms with Crippen LogP contribution in [0.4, 0.5) is 5.95 Å². The predicted molar refractivity (Wildman–Crippen MR) is 75.1 cm³/mol. The Kier molecular flexibility index (Phi) is 2.94. The van der Waals surface area contributed by atoms with Crippen LogP contribution in [0.2, 0.25) is 5.02 Å². The first-order valence-electron chi connectivity index (χ1n) is 6.00. The summed E-state index contributed by atoms with van der Waals surface area (Å²) in [7, 11) is 0. The number of primary amides is 1. The van der Waals surface area contributed by atoms with Gasteiger partial charge in [-0.25, -0.2) is 4.68 Å². The molecule has 2 heterocycles. The molecule has 102 valence electrons. The third-order valence-electron chi connectivity index (χ3n) is 3.22. The fourth-order valence-corrected chi connectivity index (χ4v) is 2.59. The van der Waals surface area contributed by atoms with Gasteiger partial charge >= 0.3 is 0 Å². The Hall–Kier alpha value is -2.34. The van der Waals surface area contributed by atoms with Gasteiger partial charge in [-0.3, -0.25) is 4.79 Å². The monoisotopic (exact) mass is 289 g/mol. The predicted octanol–water partition coefficient (Wildman–Crippen LogP) is 1.71. The Morgan fingerprint density at radius 3 is 3.00 bits per heavy atom. The average Bonchev–Trinajstić information content (AvgIpc) is 2.84. The van der Waals surface area contributed by atoms with Gasteiger partial charge in [0.1, 0.15) is 12.4 Å². The minimum atomic E-state index is -0.499. The first kappa shape index (κ1) is 12.7. The second kappa shape index (κ2) is 4.64. The molecule has 3 rings (SSSR count). The summed E-state index contributed by atoms with van der Waals surface area (Å²) < 4.78 is 1.62. The van der Waals surface area contributed by atoms with Gasteiger partial charge in [0.15, 0.2) is 0 Å². The first-order valence-corrected chi connectivity index (χ1v) is 6.38. The molecule has 6 nitrogen and oxygen atoms in total. The van der Waals surface area contributed by atoms with E-state index >= 15 is 0 Å². The van der Waals surface area contributed by atoms with Crippen LogP contribution in [0.1, 0.15) is 18.5 Å². The smallest absolute Gasteiger partial charge is 0.248 e. The number of hydrogen-bond donors (Lipinski definition) is 2. The maximum atomic E-state index is 11.8. The zero-order valence-electron chi connectivity index (χ0n) is 10.7. The Labute approximate surface area is 120 Å². The molecule has 7 heteroatoms. The topological polar surface area (TPSA) is 85.8 Å². The van der Waals surface area contributed by atoms with E-state index in [9.17, 15) is 4.79 Å². The van der Waals surface area contributed by atoms with Gasteiger partial charge in [0.2, 0.25) is 11.9 Å². The van der Waals surface area contributed by atoms with E-state index in [1.54, 1.807) is 23.7 Å². The average molecular weight is 290 g/mol. The van der Waals surface area contributed by atoms with Crippen LogP contribution in [0, 0.1) is 0 Å². The van der Waals surface area contributed by atoms with E-state index in [0.717, 1.165) is 5.56 Å². The van der Waals surface area contributed by atoms with Gasteiger partial charge in [-0.15, -0.1) is 0 Å². The molecule has 20 heavy (non-hydrogen) atoms. The lowest BCUT2D eigenvalue weighted by Crippen LogP contribution is -2.31. The fourth-order valence-electron chi connectivity index (χ4n) is 2.39. The highest BCUT2D eigenvalue weighted by molar-refractivity contribution is 6.30.